The minimum atomic E-state index is -0.0803. The molecule has 4 aromatic rings. The van der Waals surface area contributed by atoms with Crippen molar-refractivity contribution < 1.29 is 4.79 Å². The Kier molecular flexibility index (Phi) is 4.69. The predicted octanol–water partition coefficient (Wildman–Crippen LogP) is 4.78. The number of benzene rings is 1. The highest BCUT2D eigenvalue weighted by Crippen LogP contribution is 2.35. The molecule has 6 heteroatoms. The van der Waals surface area contributed by atoms with Crippen molar-refractivity contribution in [3.63, 3.8) is 0 Å². The molecule has 3 heterocycles. The number of H-pyrrole nitrogens is 2. The van der Waals surface area contributed by atoms with E-state index in [-0.39, 0.29) is 5.91 Å². The number of fused-ring (bicyclic) bond motifs is 1. The third kappa shape index (κ3) is 3.53. The van der Waals surface area contributed by atoms with Gasteiger partial charge in [0.1, 0.15) is 5.65 Å². The van der Waals surface area contributed by atoms with Crippen molar-refractivity contribution in [2.24, 2.45) is 5.92 Å². The molecule has 0 aliphatic heterocycles. The lowest BCUT2D eigenvalue weighted by molar-refractivity contribution is -0.114. The minimum Gasteiger partial charge on any atom is -0.339 e. The Morgan fingerprint density at radius 3 is 2.75 bits per heavy atom. The Labute approximate surface area is 163 Å². The first-order valence-corrected chi connectivity index (χ1v) is 9.39. The van der Waals surface area contributed by atoms with Gasteiger partial charge in [0.25, 0.3) is 0 Å². The first-order valence-electron chi connectivity index (χ1n) is 9.39. The number of amides is 1. The van der Waals surface area contributed by atoms with Crippen LogP contribution in [0.1, 0.15) is 26.3 Å². The first kappa shape index (κ1) is 18.0. The monoisotopic (exact) mass is 373 g/mol. The third-order valence-corrected chi connectivity index (χ3v) is 4.65. The van der Waals surface area contributed by atoms with E-state index in [1.54, 1.807) is 6.20 Å². The molecule has 28 heavy (non-hydrogen) atoms. The fourth-order valence-corrected chi connectivity index (χ4v) is 3.56. The maximum absolute atomic E-state index is 11.5. The van der Waals surface area contributed by atoms with Crippen LogP contribution in [0.4, 0.5) is 5.69 Å². The summed E-state index contributed by atoms with van der Waals surface area (Å²) in [6, 6.07) is 10.1. The molecule has 0 radical (unpaired) electrons. The molecule has 142 valence electrons. The molecule has 3 N–H and O–H groups in total. The number of aromatic nitrogens is 4. The van der Waals surface area contributed by atoms with Crippen LogP contribution in [-0.4, -0.2) is 26.1 Å². The van der Waals surface area contributed by atoms with Crippen molar-refractivity contribution in [1.82, 2.24) is 20.2 Å². The summed E-state index contributed by atoms with van der Waals surface area (Å²) in [5.74, 6) is 0.423. The SMILES string of the molecule is CC(=O)Nc1cccc(-c2c(CC(C)C)cnc3[nH]c(-c4cn[nH]c4)cc23)c1. The number of nitrogens with one attached hydrogen (secondary N) is 3. The number of carbonyl (C=O) groups is 1. The van der Waals surface area contributed by atoms with E-state index in [9.17, 15) is 4.79 Å². The van der Waals surface area contributed by atoms with Crippen molar-refractivity contribution in [1.29, 1.82) is 0 Å². The summed E-state index contributed by atoms with van der Waals surface area (Å²) in [4.78, 5) is 19.5. The zero-order chi connectivity index (χ0) is 19.7. The smallest absolute Gasteiger partial charge is 0.221 e. The Morgan fingerprint density at radius 1 is 1.18 bits per heavy atom. The molecule has 0 aliphatic carbocycles. The first-order chi connectivity index (χ1) is 13.5. The lowest BCUT2D eigenvalue weighted by Crippen LogP contribution is -2.05. The Hall–Kier alpha value is -3.41. The average molecular weight is 373 g/mol. The second-order valence-corrected chi connectivity index (χ2v) is 7.45. The molecule has 0 unspecified atom stereocenters. The molecular weight excluding hydrogens is 350 g/mol. The van der Waals surface area contributed by atoms with Crippen LogP contribution < -0.4 is 5.32 Å². The summed E-state index contributed by atoms with van der Waals surface area (Å²) in [5, 5.41) is 10.8. The van der Waals surface area contributed by atoms with Gasteiger partial charge < -0.3 is 10.3 Å². The van der Waals surface area contributed by atoms with Gasteiger partial charge in [-0.2, -0.15) is 5.10 Å². The van der Waals surface area contributed by atoms with Gasteiger partial charge in [-0.05, 0) is 47.2 Å². The van der Waals surface area contributed by atoms with Gasteiger partial charge in [0.15, 0.2) is 0 Å². The summed E-state index contributed by atoms with van der Waals surface area (Å²) in [5.41, 5.74) is 6.99. The van der Waals surface area contributed by atoms with Gasteiger partial charge in [0.05, 0.1) is 11.9 Å². The number of rotatable bonds is 5. The van der Waals surface area contributed by atoms with Gasteiger partial charge in [-0.25, -0.2) is 4.98 Å². The van der Waals surface area contributed by atoms with E-state index in [1.165, 1.54) is 12.5 Å². The van der Waals surface area contributed by atoms with Crippen LogP contribution in [0.15, 0.2) is 48.9 Å². The third-order valence-electron chi connectivity index (χ3n) is 4.65. The summed E-state index contributed by atoms with van der Waals surface area (Å²) in [7, 11) is 0. The normalized spacial score (nSPS) is 11.3. The maximum atomic E-state index is 11.5. The van der Waals surface area contributed by atoms with Crippen molar-refractivity contribution in [3.05, 3.63) is 54.5 Å². The highest BCUT2D eigenvalue weighted by Gasteiger charge is 2.16. The highest BCUT2D eigenvalue weighted by molar-refractivity contribution is 5.98. The van der Waals surface area contributed by atoms with Gasteiger partial charge in [0, 0.05) is 36.0 Å². The van der Waals surface area contributed by atoms with Crippen LogP contribution in [0, 0.1) is 5.92 Å². The lowest BCUT2D eigenvalue weighted by atomic mass is 9.93. The number of hydrogen-bond donors (Lipinski definition) is 3. The molecule has 0 fully saturated rings. The molecule has 0 atom stereocenters. The van der Waals surface area contributed by atoms with E-state index in [0.717, 1.165) is 45.5 Å². The number of anilines is 1. The Morgan fingerprint density at radius 2 is 2.04 bits per heavy atom. The summed E-state index contributed by atoms with van der Waals surface area (Å²) in [6.07, 6.45) is 6.53. The predicted molar refractivity (Wildman–Crippen MR) is 112 cm³/mol. The molecule has 0 saturated heterocycles. The number of hydrogen-bond acceptors (Lipinski definition) is 3. The van der Waals surface area contributed by atoms with E-state index < -0.39 is 0 Å². The van der Waals surface area contributed by atoms with E-state index in [4.69, 9.17) is 0 Å². The fourth-order valence-electron chi connectivity index (χ4n) is 3.56. The number of carbonyl (C=O) groups excluding carboxylic acids is 1. The molecule has 0 saturated carbocycles. The fraction of sp³-hybridized carbons (Fsp3) is 0.227. The van der Waals surface area contributed by atoms with Gasteiger partial charge in [-0.1, -0.05) is 26.0 Å². The van der Waals surface area contributed by atoms with Crippen molar-refractivity contribution in [3.8, 4) is 22.4 Å². The van der Waals surface area contributed by atoms with E-state index in [2.05, 4.69) is 51.5 Å². The summed E-state index contributed by atoms with van der Waals surface area (Å²) in [6.45, 7) is 5.93. The van der Waals surface area contributed by atoms with E-state index >= 15 is 0 Å². The quantitative estimate of drug-likeness (QED) is 0.471. The summed E-state index contributed by atoms with van der Waals surface area (Å²) < 4.78 is 0. The van der Waals surface area contributed by atoms with Gasteiger partial charge in [0.2, 0.25) is 5.91 Å². The summed E-state index contributed by atoms with van der Waals surface area (Å²) >= 11 is 0. The van der Waals surface area contributed by atoms with Crippen LogP contribution in [0.2, 0.25) is 0 Å². The highest BCUT2D eigenvalue weighted by atomic mass is 16.1. The van der Waals surface area contributed by atoms with Crippen LogP contribution >= 0.6 is 0 Å². The lowest BCUT2D eigenvalue weighted by Gasteiger charge is -2.14. The molecule has 3 aromatic heterocycles. The minimum absolute atomic E-state index is 0.0803. The van der Waals surface area contributed by atoms with E-state index in [0.29, 0.717) is 5.92 Å². The Bertz CT molecular complexity index is 1130. The standard InChI is InChI=1S/C22H23N5O/c1-13(2)7-16-10-23-22-19(9-20(27-22)17-11-24-25-12-17)21(16)15-5-4-6-18(8-15)26-14(3)28/h4-6,8-13H,7H2,1-3H3,(H,23,27)(H,24,25)(H,26,28). The molecule has 4 rings (SSSR count). The molecule has 6 nitrogen and oxygen atoms in total. The van der Waals surface area contributed by atoms with Gasteiger partial charge >= 0.3 is 0 Å². The second kappa shape index (κ2) is 7.31. The van der Waals surface area contributed by atoms with Crippen LogP contribution in [-0.2, 0) is 11.2 Å². The van der Waals surface area contributed by atoms with Crippen LogP contribution in [0.3, 0.4) is 0 Å². The molecule has 1 amide bonds. The van der Waals surface area contributed by atoms with E-state index in [1.807, 2.05) is 30.6 Å². The number of nitrogens with zero attached hydrogens (tertiary/aromatic N) is 2. The van der Waals surface area contributed by atoms with Crippen LogP contribution in [0.5, 0.6) is 0 Å². The van der Waals surface area contributed by atoms with Gasteiger partial charge in [-0.3, -0.25) is 9.89 Å². The molecule has 0 bridgehead atoms. The largest absolute Gasteiger partial charge is 0.339 e. The topological polar surface area (TPSA) is 86.5 Å². The maximum Gasteiger partial charge on any atom is 0.221 e. The molecule has 1 aromatic carbocycles. The van der Waals surface area contributed by atoms with Crippen molar-refractivity contribution >= 4 is 22.6 Å². The number of pyridine rings is 1. The van der Waals surface area contributed by atoms with Crippen molar-refractivity contribution in [2.45, 2.75) is 27.2 Å². The zero-order valence-corrected chi connectivity index (χ0v) is 16.2. The Balaban J connectivity index is 1.91. The molecular formula is C22H23N5O. The number of aromatic amines is 2. The van der Waals surface area contributed by atoms with Crippen LogP contribution in [0.25, 0.3) is 33.4 Å². The zero-order valence-electron chi connectivity index (χ0n) is 16.2. The van der Waals surface area contributed by atoms with Crippen molar-refractivity contribution in [2.75, 3.05) is 5.32 Å². The van der Waals surface area contributed by atoms with Gasteiger partial charge in [-0.15, -0.1) is 0 Å². The molecule has 0 spiro atoms. The second-order valence-electron chi connectivity index (χ2n) is 7.45. The molecule has 0 aliphatic rings. The average Bonchev–Trinajstić information content (AvgIpc) is 3.30.